The summed E-state index contributed by atoms with van der Waals surface area (Å²) in [6.45, 7) is 17.1. The maximum atomic E-state index is 14.4. The third-order valence-electron chi connectivity index (χ3n) is 11.9. The summed E-state index contributed by atoms with van der Waals surface area (Å²) >= 11 is 0. The highest BCUT2D eigenvalue weighted by atomic mass is 16.5. The smallest absolute Gasteiger partial charge is 0.326 e. The van der Waals surface area contributed by atoms with Gasteiger partial charge in [-0.1, -0.05) is 105 Å². The fourth-order valence-corrected chi connectivity index (χ4v) is 8.39. The van der Waals surface area contributed by atoms with Crippen LogP contribution in [0.25, 0.3) is 0 Å². The van der Waals surface area contributed by atoms with Gasteiger partial charge in [0.15, 0.2) is 0 Å². The number of nitrogens with one attached hydrogen (secondary N) is 2. The minimum atomic E-state index is -1.14. The molecule has 1 saturated heterocycles. The van der Waals surface area contributed by atoms with Crippen molar-refractivity contribution in [2.24, 2.45) is 23.7 Å². The van der Waals surface area contributed by atoms with E-state index in [4.69, 9.17) is 9.47 Å². The third-order valence-corrected chi connectivity index (χ3v) is 11.9. The number of benzene rings is 1. The molecule has 0 aromatic heterocycles. The van der Waals surface area contributed by atoms with E-state index in [-0.39, 0.29) is 54.4 Å². The van der Waals surface area contributed by atoms with Crippen molar-refractivity contribution in [3.05, 3.63) is 35.9 Å². The molecule has 324 valence electrons. The first-order valence-electron chi connectivity index (χ1n) is 21.1. The molecule has 1 aliphatic heterocycles. The number of carboxylic acids is 1. The Labute approximate surface area is 343 Å². The van der Waals surface area contributed by atoms with E-state index in [0.717, 1.165) is 37.8 Å². The molecule has 13 nitrogen and oxygen atoms in total. The lowest BCUT2D eigenvalue weighted by Gasteiger charge is -2.41. The average Bonchev–Trinajstić information content (AvgIpc) is 3.66. The first kappa shape index (κ1) is 49.6. The minimum Gasteiger partial charge on any atom is -0.480 e. The number of hydrogen-bond acceptors (Lipinski definition) is 8. The number of rotatable bonds is 25. The number of hydrogen-bond donors (Lipinski definition) is 3. The maximum absolute atomic E-state index is 14.4. The number of amides is 4. The topological polar surface area (TPSA) is 158 Å². The second-order valence-corrected chi connectivity index (χ2v) is 16.8. The summed E-state index contributed by atoms with van der Waals surface area (Å²) in [6.07, 6.45) is 3.99. The Hall–Kier alpha value is -3.55. The molecular weight excluding hydrogens is 727 g/mol. The standard InChI is InChI=1S/C44H75N5O8/c1-13-15-19-24-47(9)38(29(5)6)42(52)46-37(28(3)4)43(53)48(10)39(30(7)14-2)35(56-11)27-36(50)49-25-20-23-34(49)40(57-12)31(8)41(51)45-33(44(54)55)26-32-21-17-16-18-22-32/h16-18,21-22,28-31,33-35,37-40H,13-15,19-20,23-27H2,1-12H3,(H,45,51)(H,46,52)(H,54,55)/t30-,31+,33-,34-,35+,37-,38-,39-,40+/m0/s1. The molecular formula is C44H75N5O8. The molecule has 0 spiro atoms. The third kappa shape index (κ3) is 14.1. The molecule has 1 aromatic carbocycles. The highest BCUT2D eigenvalue weighted by Gasteiger charge is 2.43. The molecule has 1 aromatic rings. The maximum Gasteiger partial charge on any atom is 0.326 e. The predicted octanol–water partition coefficient (Wildman–Crippen LogP) is 5.01. The van der Waals surface area contributed by atoms with E-state index in [1.807, 2.05) is 78.9 Å². The van der Waals surface area contributed by atoms with Crippen molar-refractivity contribution in [1.82, 2.24) is 25.3 Å². The molecule has 13 heteroatoms. The zero-order valence-corrected chi connectivity index (χ0v) is 37.0. The van der Waals surface area contributed by atoms with Crippen molar-refractivity contribution >= 4 is 29.6 Å². The Bertz CT molecular complexity index is 1410. The molecule has 57 heavy (non-hydrogen) atoms. The molecule has 0 saturated carbocycles. The fraction of sp³-hybridized carbons (Fsp3) is 0.750. The Morgan fingerprint density at radius 1 is 0.895 bits per heavy atom. The summed E-state index contributed by atoms with van der Waals surface area (Å²) in [5.74, 6) is -3.14. The zero-order chi connectivity index (χ0) is 43.0. The van der Waals surface area contributed by atoms with Crippen molar-refractivity contribution in [3.8, 4) is 0 Å². The molecule has 0 bridgehead atoms. The summed E-state index contributed by atoms with van der Waals surface area (Å²) in [5.41, 5.74) is 0.787. The molecule has 1 fully saturated rings. The van der Waals surface area contributed by atoms with Crippen molar-refractivity contribution in [1.29, 1.82) is 0 Å². The van der Waals surface area contributed by atoms with Gasteiger partial charge in [0.1, 0.15) is 12.1 Å². The van der Waals surface area contributed by atoms with Gasteiger partial charge in [-0.25, -0.2) is 4.79 Å². The van der Waals surface area contributed by atoms with Crippen LogP contribution >= 0.6 is 0 Å². The Morgan fingerprint density at radius 2 is 1.54 bits per heavy atom. The Kier molecular flexibility index (Phi) is 21.2. The second kappa shape index (κ2) is 24.4. The summed E-state index contributed by atoms with van der Waals surface area (Å²) in [7, 11) is 6.75. The first-order valence-corrected chi connectivity index (χ1v) is 21.1. The van der Waals surface area contributed by atoms with Gasteiger partial charge in [-0.05, 0) is 56.2 Å². The number of carbonyl (C=O) groups excluding carboxylic acids is 4. The van der Waals surface area contributed by atoms with Crippen LogP contribution in [0.15, 0.2) is 30.3 Å². The van der Waals surface area contributed by atoms with Crippen LogP contribution in [0.3, 0.4) is 0 Å². The van der Waals surface area contributed by atoms with Crippen LogP contribution < -0.4 is 10.6 Å². The number of likely N-dealkylation sites (tertiary alicyclic amines) is 1. The largest absolute Gasteiger partial charge is 0.480 e. The Balaban J connectivity index is 2.27. The number of likely N-dealkylation sites (N-methyl/N-ethyl adjacent to an activating group) is 2. The number of aliphatic carboxylic acids is 1. The van der Waals surface area contributed by atoms with Gasteiger partial charge in [-0.3, -0.25) is 24.1 Å². The lowest BCUT2D eigenvalue weighted by molar-refractivity contribution is -0.148. The number of nitrogens with zero attached hydrogens (tertiary/aromatic N) is 3. The average molecular weight is 802 g/mol. The van der Waals surface area contributed by atoms with Gasteiger partial charge in [-0.2, -0.15) is 0 Å². The van der Waals surface area contributed by atoms with E-state index in [2.05, 4.69) is 22.5 Å². The van der Waals surface area contributed by atoms with Crippen molar-refractivity contribution < 1.29 is 38.6 Å². The van der Waals surface area contributed by atoms with E-state index in [9.17, 15) is 29.1 Å². The van der Waals surface area contributed by atoms with Crippen LogP contribution in [0.4, 0.5) is 0 Å². The van der Waals surface area contributed by atoms with E-state index < -0.39 is 54.2 Å². The van der Waals surface area contributed by atoms with Crippen LogP contribution in [0.2, 0.25) is 0 Å². The lowest BCUT2D eigenvalue weighted by Crippen LogP contribution is -2.60. The lowest BCUT2D eigenvalue weighted by atomic mass is 9.89. The van der Waals surface area contributed by atoms with Gasteiger partial charge in [0.05, 0.1) is 42.7 Å². The second-order valence-electron chi connectivity index (χ2n) is 16.8. The number of carbonyl (C=O) groups is 5. The summed E-state index contributed by atoms with van der Waals surface area (Å²) in [5, 5.41) is 15.7. The van der Waals surface area contributed by atoms with Crippen LogP contribution in [-0.4, -0.2) is 133 Å². The van der Waals surface area contributed by atoms with Gasteiger partial charge < -0.3 is 35.0 Å². The number of unbranched alkanes of at least 4 members (excludes halogenated alkanes) is 2. The van der Waals surface area contributed by atoms with E-state index in [1.54, 1.807) is 30.9 Å². The summed E-state index contributed by atoms with van der Waals surface area (Å²) < 4.78 is 11.9. The van der Waals surface area contributed by atoms with E-state index in [0.29, 0.717) is 19.4 Å². The van der Waals surface area contributed by atoms with Gasteiger partial charge in [-0.15, -0.1) is 0 Å². The highest BCUT2D eigenvalue weighted by molar-refractivity contribution is 5.90. The number of methoxy groups -OCH3 is 2. The zero-order valence-electron chi connectivity index (χ0n) is 37.0. The quantitative estimate of drug-likeness (QED) is 0.116. The van der Waals surface area contributed by atoms with Gasteiger partial charge in [0.25, 0.3) is 0 Å². The molecule has 1 heterocycles. The number of carboxylic acid groups (broad SMARTS) is 1. The van der Waals surface area contributed by atoms with Crippen molar-refractivity contribution in [3.63, 3.8) is 0 Å². The summed E-state index contributed by atoms with van der Waals surface area (Å²) in [6, 6.07) is 5.92. The van der Waals surface area contributed by atoms with Gasteiger partial charge >= 0.3 is 5.97 Å². The number of ether oxygens (including phenoxy) is 2. The Morgan fingerprint density at radius 3 is 2.07 bits per heavy atom. The van der Waals surface area contributed by atoms with Gasteiger partial charge in [0, 0.05) is 34.2 Å². The van der Waals surface area contributed by atoms with Crippen molar-refractivity contribution in [2.45, 2.75) is 149 Å². The summed E-state index contributed by atoms with van der Waals surface area (Å²) in [4.78, 5) is 73.6. The predicted molar refractivity (Wildman–Crippen MR) is 223 cm³/mol. The minimum absolute atomic E-state index is 0.00845. The van der Waals surface area contributed by atoms with Crippen molar-refractivity contribution in [2.75, 3.05) is 41.4 Å². The molecule has 0 aliphatic carbocycles. The molecule has 0 radical (unpaired) electrons. The molecule has 1 aliphatic rings. The van der Waals surface area contributed by atoms with E-state index >= 15 is 0 Å². The SMILES string of the molecule is CCCCCN(C)[C@H](C(=O)N[C@H](C(=O)N(C)[C@@H]([C@@H](C)CC)[C@@H](CC(=O)N1CCC[C@H]1[C@H](OC)[C@@H](C)C(=O)N[C@@H](Cc1ccccc1)C(=O)O)OC)C(C)C)C(C)C. The normalized spacial score (nSPS) is 18.7. The monoisotopic (exact) mass is 802 g/mol. The fourth-order valence-electron chi connectivity index (χ4n) is 8.39. The van der Waals surface area contributed by atoms with E-state index in [1.165, 1.54) is 7.11 Å². The van der Waals surface area contributed by atoms with Gasteiger partial charge in [0.2, 0.25) is 23.6 Å². The first-order chi connectivity index (χ1) is 26.9. The van der Waals surface area contributed by atoms with Crippen LogP contribution in [0, 0.1) is 23.7 Å². The molecule has 3 N–H and O–H groups in total. The highest BCUT2D eigenvalue weighted by Crippen LogP contribution is 2.30. The molecule has 2 rings (SSSR count). The van der Waals surface area contributed by atoms with Crippen LogP contribution in [-0.2, 0) is 39.9 Å². The van der Waals surface area contributed by atoms with Crippen LogP contribution in [0.5, 0.6) is 0 Å². The molecule has 9 atom stereocenters. The van der Waals surface area contributed by atoms with Crippen LogP contribution in [0.1, 0.15) is 106 Å². The molecule has 0 unspecified atom stereocenters. The molecule has 4 amide bonds.